The summed E-state index contributed by atoms with van der Waals surface area (Å²) < 4.78 is 0. The number of carbonyl (C=O) groups is 1. The van der Waals surface area contributed by atoms with Crippen LogP contribution in [0.5, 0.6) is 0 Å². The molecule has 0 aliphatic heterocycles. The van der Waals surface area contributed by atoms with Gasteiger partial charge in [0, 0.05) is 44.3 Å². The van der Waals surface area contributed by atoms with Crippen LogP contribution in [0.1, 0.15) is 50.5 Å². The van der Waals surface area contributed by atoms with Gasteiger partial charge in [0.2, 0.25) is 0 Å². The first kappa shape index (κ1) is 23.0. The van der Waals surface area contributed by atoms with Gasteiger partial charge in [-0.2, -0.15) is 0 Å². The predicted molar refractivity (Wildman–Crippen MR) is 114 cm³/mol. The Balaban J connectivity index is 2.56. The first-order valence-corrected chi connectivity index (χ1v) is 9.98. The van der Waals surface area contributed by atoms with Crippen LogP contribution in [0.4, 0.5) is 0 Å². The molecule has 1 rings (SSSR count). The zero-order valence-corrected chi connectivity index (χ0v) is 17.8. The molecular formula is C21H37N5O. The second-order valence-electron chi connectivity index (χ2n) is 7.14. The molecule has 0 aliphatic carbocycles. The number of hydrogen-bond acceptors (Lipinski definition) is 3. The minimum Gasteiger partial charge on any atom is -0.357 e. The third-order valence-corrected chi connectivity index (χ3v) is 4.42. The Hall–Kier alpha value is -2.08. The van der Waals surface area contributed by atoms with E-state index >= 15 is 0 Å². The molecule has 6 heteroatoms. The molecule has 0 heterocycles. The lowest BCUT2D eigenvalue weighted by Crippen LogP contribution is -2.41. The summed E-state index contributed by atoms with van der Waals surface area (Å²) in [6, 6.07) is 8.77. The Morgan fingerprint density at radius 1 is 1.15 bits per heavy atom. The summed E-state index contributed by atoms with van der Waals surface area (Å²) in [4.78, 5) is 18.9. The number of guanidine groups is 1. The Labute approximate surface area is 164 Å². The van der Waals surface area contributed by atoms with E-state index in [9.17, 15) is 4.79 Å². The number of carbonyl (C=O) groups excluding carboxylic acids is 1. The average Bonchev–Trinajstić information content (AvgIpc) is 2.64. The normalized spacial score (nSPS) is 12.0. The number of amides is 1. The van der Waals surface area contributed by atoms with Gasteiger partial charge in [-0.15, -0.1) is 0 Å². The molecular weight excluding hydrogens is 338 g/mol. The largest absolute Gasteiger partial charge is 0.357 e. The molecule has 3 N–H and O–H groups in total. The molecule has 0 fully saturated rings. The van der Waals surface area contributed by atoms with Crippen molar-refractivity contribution in [1.82, 2.24) is 20.9 Å². The standard InChI is InChI=1S/C21H37N5O/c1-7-23-21(25-13-14-26(16(2)3)17(4)5)24-12-11-18-9-8-10-19(15-18)20(27)22-6/h8-10,15-17H,7,11-14H2,1-6H3,(H,22,27)(H2,23,24,25). The van der Waals surface area contributed by atoms with Gasteiger partial charge in [0.1, 0.15) is 0 Å². The number of hydrogen-bond donors (Lipinski definition) is 3. The molecule has 1 aromatic carbocycles. The molecule has 0 atom stereocenters. The van der Waals surface area contributed by atoms with Gasteiger partial charge >= 0.3 is 0 Å². The maximum absolute atomic E-state index is 11.7. The lowest BCUT2D eigenvalue weighted by atomic mass is 10.1. The number of aliphatic imine (C=N–C) groups is 1. The van der Waals surface area contributed by atoms with Crippen molar-refractivity contribution >= 4 is 11.9 Å². The van der Waals surface area contributed by atoms with Crippen LogP contribution >= 0.6 is 0 Å². The van der Waals surface area contributed by atoms with Gasteiger partial charge in [0.15, 0.2) is 5.96 Å². The number of nitrogens with zero attached hydrogens (tertiary/aromatic N) is 2. The second-order valence-corrected chi connectivity index (χ2v) is 7.14. The topological polar surface area (TPSA) is 68.8 Å². The third kappa shape index (κ3) is 8.43. The zero-order valence-electron chi connectivity index (χ0n) is 17.8. The molecule has 6 nitrogen and oxygen atoms in total. The van der Waals surface area contributed by atoms with Crippen molar-refractivity contribution in [3.63, 3.8) is 0 Å². The van der Waals surface area contributed by atoms with E-state index < -0.39 is 0 Å². The van der Waals surface area contributed by atoms with E-state index in [2.05, 4.69) is 55.5 Å². The molecule has 152 valence electrons. The van der Waals surface area contributed by atoms with Crippen LogP contribution in [0.3, 0.4) is 0 Å². The van der Waals surface area contributed by atoms with Gasteiger partial charge in [-0.25, -0.2) is 0 Å². The van der Waals surface area contributed by atoms with E-state index in [1.165, 1.54) is 0 Å². The smallest absolute Gasteiger partial charge is 0.251 e. The van der Waals surface area contributed by atoms with E-state index in [4.69, 9.17) is 4.99 Å². The molecule has 1 aromatic rings. The summed E-state index contributed by atoms with van der Waals surface area (Å²) in [6.45, 7) is 14.3. The van der Waals surface area contributed by atoms with Crippen LogP contribution < -0.4 is 16.0 Å². The van der Waals surface area contributed by atoms with Crippen LogP contribution in [0.2, 0.25) is 0 Å². The number of nitrogens with one attached hydrogen (secondary N) is 3. The van der Waals surface area contributed by atoms with Crippen LogP contribution in [0.25, 0.3) is 0 Å². The minimum absolute atomic E-state index is 0.0560. The highest BCUT2D eigenvalue weighted by atomic mass is 16.1. The van der Waals surface area contributed by atoms with Crippen LogP contribution in [0, 0.1) is 0 Å². The van der Waals surface area contributed by atoms with Gasteiger partial charge < -0.3 is 16.0 Å². The Morgan fingerprint density at radius 2 is 1.85 bits per heavy atom. The summed E-state index contributed by atoms with van der Waals surface area (Å²) in [5.74, 6) is 0.784. The van der Waals surface area contributed by atoms with Crippen molar-refractivity contribution < 1.29 is 4.79 Å². The van der Waals surface area contributed by atoms with Gasteiger partial charge in [0.05, 0.1) is 6.54 Å². The Kier molecular flexibility index (Phi) is 10.5. The highest BCUT2D eigenvalue weighted by Gasteiger charge is 2.12. The fourth-order valence-corrected chi connectivity index (χ4v) is 3.07. The van der Waals surface area contributed by atoms with Gasteiger partial charge in [-0.3, -0.25) is 14.7 Å². The summed E-state index contributed by atoms with van der Waals surface area (Å²) in [5, 5.41) is 9.34. The fraction of sp³-hybridized carbons (Fsp3) is 0.619. The first-order chi connectivity index (χ1) is 12.9. The summed E-state index contributed by atoms with van der Waals surface area (Å²) in [5.41, 5.74) is 1.82. The lowest BCUT2D eigenvalue weighted by Gasteiger charge is -2.29. The summed E-state index contributed by atoms with van der Waals surface area (Å²) in [6.07, 6.45) is 0.833. The zero-order chi connectivity index (χ0) is 20.2. The predicted octanol–water partition coefficient (Wildman–Crippen LogP) is 2.26. The first-order valence-electron chi connectivity index (χ1n) is 9.98. The molecule has 1 amide bonds. The molecule has 0 spiro atoms. The maximum atomic E-state index is 11.7. The monoisotopic (exact) mass is 375 g/mol. The second kappa shape index (κ2) is 12.3. The van der Waals surface area contributed by atoms with Crippen molar-refractivity contribution in [2.45, 2.75) is 53.1 Å². The SMILES string of the molecule is CCNC(=NCCN(C(C)C)C(C)C)NCCc1cccc(C(=O)NC)c1. The summed E-state index contributed by atoms with van der Waals surface area (Å²) in [7, 11) is 1.65. The van der Waals surface area contributed by atoms with Crippen LogP contribution in [-0.2, 0) is 6.42 Å². The molecule has 27 heavy (non-hydrogen) atoms. The van der Waals surface area contributed by atoms with Crippen molar-refractivity contribution in [1.29, 1.82) is 0 Å². The molecule has 0 saturated heterocycles. The van der Waals surface area contributed by atoms with Gasteiger partial charge in [-0.1, -0.05) is 12.1 Å². The fourth-order valence-electron chi connectivity index (χ4n) is 3.07. The molecule has 0 bridgehead atoms. The van der Waals surface area contributed by atoms with Gasteiger partial charge in [-0.05, 0) is 58.7 Å². The molecule has 0 radical (unpaired) electrons. The molecule has 0 unspecified atom stereocenters. The molecule has 0 aliphatic rings. The molecule has 0 saturated carbocycles. The maximum Gasteiger partial charge on any atom is 0.251 e. The van der Waals surface area contributed by atoms with Crippen molar-refractivity contribution in [3.8, 4) is 0 Å². The van der Waals surface area contributed by atoms with E-state index in [1.807, 2.05) is 24.3 Å². The third-order valence-electron chi connectivity index (χ3n) is 4.42. The Morgan fingerprint density at radius 3 is 2.44 bits per heavy atom. The van der Waals surface area contributed by atoms with E-state index in [-0.39, 0.29) is 5.91 Å². The minimum atomic E-state index is -0.0560. The van der Waals surface area contributed by atoms with E-state index in [0.717, 1.165) is 44.1 Å². The van der Waals surface area contributed by atoms with Crippen LogP contribution in [-0.4, -0.2) is 62.1 Å². The number of benzene rings is 1. The van der Waals surface area contributed by atoms with Crippen LogP contribution in [0.15, 0.2) is 29.3 Å². The lowest BCUT2D eigenvalue weighted by molar-refractivity contribution is 0.0963. The quantitative estimate of drug-likeness (QED) is 0.433. The summed E-state index contributed by atoms with van der Waals surface area (Å²) >= 11 is 0. The highest BCUT2D eigenvalue weighted by molar-refractivity contribution is 5.94. The highest BCUT2D eigenvalue weighted by Crippen LogP contribution is 2.06. The van der Waals surface area contributed by atoms with Gasteiger partial charge in [0.25, 0.3) is 5.91 Å². The molecule has 0 aromatic heterocycles. The van der Waals surface area contributed by atoms with E-state index in [0.29, 0.717) is 17.6 Å². The Bertz CT molecular complexity index is 590. The van der Waals surface area contributed by atoms with Crippen molar-refractivity contribution in [2.75, 3.05) is 33.2 Å². The number of rotatable bonds is 10. The average molecular weight is 376 g/mol. The van der Waals surface area contributed by atoms with E-state index in [1.54, 1.807) is 7.05 Å². The van der Waals surface area contributed by atoms with Crippen molar-refractivity contribution in [3.05, 3.63) is 35.4 Å². The van der Waals surface area contributed by atoms with Crippen molar-refractivity contribution in [2.24, 2.45) is 4.99 Å².